The molecule has 2 N–H and O–H groups in total. The molecular weight excluding hydrogens is 229 g/mol. The zero-order chi connectivity index (χ0) is 11.8. The van der Waals surface area contributed by atoms with E-state index in [0.717, 1.165) is 31.2 Å². The van der Waals surface area contributed by atoms with Crippen LogP contribution in [-0.4, -0.2) is 7.11 Å². The molecule has 0 bridgehead atoms. The summed E-state index contributed by atoms with van der Waals surface area (Å²) < 4.78 is 18.5. The first kappa shape index (κ1) is 11.7. The number of ether oxygens (including phenoxy) is 1. The lowest BCUT2D eigenvalue weighted by atomic mass is 9.88. The summed E-state index contributed by atoms with van der Waals surface area (Å²) in [5, 5.41) is 0.0247. The van der Waals surface area contributed by atoms with Crippen molar-refractivity contribution in [3.63, 3.8) is 0 Å². The van der Waals surface area contributed by atoms with Crippen molar-refractivity contribution in [3.05, 3.63) is 28.5 Å². The number of halogens is 2. The van der Waals surface area contributed by atoms with Crippen molar-refractivity contribution >= 4 is 11.6 Å². The van der Waals surface area contributed by atoms with Crippen LogP contribution in [0, 0.1) is 5.82 Å². The van der Waals surface area contributed by atoms with Crippen molar-refractivity contribution in [3.8, 4) is 5.75 Å². The molecule has 1 aromatic rings. The highest BCUT2D eigenvalue weighted by Gasteiger charge is 2.34. The van der Waals surface area contributed by atoms with E-state index in [-0.39, 0.29) is 5.02 Å². The maximum atomic E-state index is 13.3. The second kappa shape index (κ2) is 4.22. The summed E-state index contributed by atoms with van der Waals surface area (Å²) in [6.07, 6.45) is 3.97. The monoisotopic (exact) mass is 243 g/mol. The van der Waals surface area contributed by atoms with Crippen molar-refractivity contribution in [2.24, 2.45) is 5.73 Å². The molecule has 0 unspecified atom stereocenters. The van der Waals surface area contributed by atoms with Gasteiger partial charge in [0.15, 0.2) is 0 Å². The smallest absolute Gasteiger partial charge is 0.145 e. The van der Waals surface area contributed by atoms with Crippen LogP contribution in [0.25, 0.3) is 0 Å². The van der Waals surface area contributed by atoms with Gasteiger partial charge in [-0.2, -0.15) is 0 Å². The summed E-state index contributed by atoms with van der Waals surface area (Å²) in [6, 6.07) is 3.04. The first-order chi connectivity index (χ1) is 7.58. The summed E-state index contributed by atoms with van der Waals surface area (Å²) in [5.74, 6) is -0.0880. The molecule has 0 amide bonds. The van der Waals surface area contributed by atoms with E-state index >= 15 is 0 Å². The van der Waals surface area contributed by atoms with E-state index in [9.17, 15) is 4.39 Å². The summed E-state index contributed by atoms with van der Waals surface area (Å²) in [6.45, 7) is 0. The van der Waals surface area contributed by atoms with E-state index < -0.39 is 11.4 Å². The van der Waals surface area contributed by atoms with Gasteiger partial charge in [0.05, 0.1) is 7.11 Å². The van der Waals surface area contributed by atoms with Crippen molar-refractivity contribution in [2.45, 2.75) is 31.2 Å². The van der Waals surface area contributed by atoms with E-state index in [1.54, 1.807) is 6.07 Å². The van der Waals surface area contributed by atoms with E-state index in [1.807, 2.05) is 0 Å². The zero-order valence-electron chi connectivity index (χ0n) is 9.22. The Balaban J connectivity index is 2.52. The number of benzene rings is 1. The average Bonchev–Trinajstić information content (AvgIpc) is 2.70. The van der Waals surface area contributed by atoms with Crippen molar-refractivity contribution < 1.29 is 9.13 Å². The average molecular weight is 244 g/mol. The van der Waals surface area contributed by atoms with E-state index in [0.29, 0.717) is 5.75 Å². The SMILES string of the molecule is COc1c(C2(N)CCCC2)ccc(F)c1Cl. The molecule has 1 fully saturated rings. The summed E-state index contributed by atoms with van der Waals surface area (Å²) >= 11 is 5.88. The Hall–Kier alpha value is -0.800. The van der Waals surface area contributed by atoms with Gasteiger partial charge >= 0.3 is 0 Å². The van der Waals surface area contributed by atoms with Gasteiger partial charge in [-0.05, 0) is 18.9 Å². The second-order valence-electron chi connectivity index (χ2n) is 4.31. The number of hydrogen-bond donors (Lipinski definition) is 1. The molecule has 2 nitrogen and oxygen atoms in total. The minimum atomic E-state index is -0.469. The van der Waals surface area contributed by atoms with Crippen LogP contribution in [0.15, 0.2) is 12.1 Å². The Kier molecular flexibility index (Phi) is 3.08. The van der Waals surface area contributed by atoms with Gasteiger partial charge < -0.3 is 10.5 Å². The summed E-state index contributed by atoms with van der Waals surface area (Å²) in [5.41, 5.74) is 6.72. The van der Waals surface area contributed by atoms with Crippen LogP contribution in [0.3, 0.4) is 0 Å². The summed E-state index contributed by atoms with van der Waals surface area (Å²) in [7, 11) is 1.49. The normalized spacial score (nSPS) is 18.8. The fourth-order valence-electron chi connectivity index (χ4n) is 2.40. The maximum absolute atomic E-state index is 13.3. The van der Waals surface area contributed by atoms with E-state index in [4.69, 9.17) is 22.1 Å². The number of methoxy groups -OCH3 is 1. The minimum Gasteiger partial charge on any atom is -0.495 e. The second-order valence-corrected chi connectivity index (χ2v) is 4.68. The van der Waals surface area contributed by atoms with Crippen molar-refractivity contribution in [1.29, 1.82) is 0 Å². The number of hydrogen-bond acceptors (Lipinski definition) is 2. The van der Waals surface area contributed by atoms with Crippen LogP contribution in [-0.2, 0) is 5.54 Å². The predicted molar refractivity (Wildman–Crippen MR) is 62.3 cm³/mol. The van der Waals surface area contributed by atoms with Gasteiger partial charge in [0.2, 0.25) is 0 Å². The summed E-state index contributed by atoms with van der Waals surface area (Å²) in [4.78, 5) is 0. The first-order valence-corrected chi connectivity index (χ1v) is 5.77. The largest absolute Gasteiger partial charge is 0.495 e. The van der Waals surface area contributed by atoms with Gasteiger partial charge in [0.25, 0.3) is 0 Å². The molecule has 0 atom stereocenters. The Morgan fingerprint density at radius 1 is 1.38 bits per heavy atom. The molecule has 0 aromatic heterocycles. The molecular formula is C12H15ClFNO. The molecule has 1 aliphatic carbocycles. The topological polar surface area (TPSA) is 35.2 Å². The lowest BCUT2D eigenvalue weighted by molar-refractivity contribution is 0.376. The van der Waals surface area contributed by atoms with Gasteiger partial charge in [0.1, 0.15) is 16.6 Å². The van der Waals surface area contributed by atoms with Crippen LogP contribution in [0.5, 0.6) is 5.75 Å². The number of rotatable bonds is 2. The molecule has 0 radical (unpaired) electrons. The predicted octanol–water partition coefficient (Wildman–Crippen LogP) is 3.22. The lowest BCUT2D eigenvalue weighted by Gasteiger charge is -2.26. The lowest BCUT2D eigenvalue weighted by Crippen LogP contribution is -2.33. The zero-order valence-corrected chi connectivity index (χ0v) is 9.98. The van der Waals surface area contributed by atoms with Crippen LogP contribution < -0.4 is 10.5 Å². The molecule has 0 saturated heterocycles. The van der Waals surface area contributed by atoms with Gasteiger partial charge in [-0.3, -0.25) is 0 Å². The highest BCUT2D eigenvalue weighted by atomic mass is 35.5. The van der Waals surface area contributed by atoms with Crippen molar-refractivity contribution in [2.75, 3.05) is 7.11 Å². The van der Waals surface area contributed by atoms with Gasteiger partial charge in [-0.15, -0.1) is 0 Å². The minimum absolute atomic E-state index is 0.0247. The molecule has 1 aromatic carbocycles. The van der Waals surface area contributed by atoms with E-state index in [1.165, 1.54) is 13.2 Å². The van der Waals surface area contributed by atoms with Gasteiger partial charge in [-0.1, -0.05) is 30.5 Å². The molecule has 0 spiro atoms. The van der Waals surface area contributed by atoms with Gasteiger partial charge in [0, 0.05) is 11.1 Å². The maximum Gasteiger partial charge on any atom is 0.145 e. The van der Waals surface area contributed by atoms with Crippen LogP contribution in [0.4, 0.5) is 4.39 Å². The molecule has 1 saturated carbocycles. The molecule has 0 heterocycles. The standard InChI is InChI=1S/C12H15ClFNO/c1-16-11-8(4-5-9(14)10(11)13)12(15)6-2-3-7-12/h4-5H,2-3,6-7,15H2,1H3. The van der Waals surface area contributed by atoms with Gasteiger partial charge in [-0.25, -0.2) is 4.39 Å². The van der Waals surface area contributed by atoms with E-state index in [2.05, 4.69) is 0 Å². The van der Waals surface area contributed by atoms with Crippen LogP contribution in [0.1, 0.15) is 31.2 Å². The Labute approximate surface area is 99.5 Å². The first-order valence-electron chi connectivity index (χ1n) is 5.40. The third kappa shape index (κ3) is 1.78. The number of nitrogens with two attached hydrogens (primary N) is 1. The highest BCUT2D eigenvalue weighted by molar-refractivity contribution is 6.32. The fraction of sp³-hybridized carbons (Fsp3) is 0.500. The third-order valence-corrected chi connectivity index (χ3v) is 3.64. The quantitative estimate of drug-likeness (QED) is 0.866. The van der Waals surface area contributed by atoms with Crippen LogP contribution >= 0.6 is 11.6 Å². The Morgan fingerprint density at radius 3 is 2.56 bits per heavy atom. The molecule has 1 aliphatic rings. The molecule has 0 aliphatic heterocycles. The Morgan fingerprint density at radius 2 is 2.00 bits per heavy atom. The molecule has 2 rings (SSSR count). The molecule has 16 heavy (non-hydrogen) atoms. The highest BCUT2D eigenvalue weighted by Crippen LogP contribution is 2.43. The Bertz CT molecular complexity index is 402. The third-order valence-electron chi connectivity index (χ3n) is 3.29. The molecule has 4 heteroatoms. The van der Waals surface area contributed by atoms with Crippen LogP contribution in [0.2, 0.25) is 5.02 Å². The fourth-order valence-corrected chi connectivity index (χ4v) is 2.64. The molecule has 88 valence electrons. The van der Waals surface area contributed by atoms with Crippen molar-refractivity contribution in [1.82, 2.24) is 0 Å².